The van der Waals surface area contributed by atoms with Gasteiger partial charge < -0.3 is 19.1 Å². The van der Waals surface area contributed by atoms with Crippen LogP contribution in [0.15, 0.2) is 24.3 Å². The van der Waals surface area contributed by atoms with Crippen LogP contribution in [0.5, 0.6) is 5.75 Å². The minimum atomic E-state index is -3.92. The number of piperazine rings is 1. The van der Waals surface area contributed by atoms with Crippen molar-refractivity contribution in [1.82, 2.24) is 13.9 Å². The van der Waals surface area contributed by atoms with Crippen molar-refractivity contribution in [3.05, 3.63) is 29.8 Å². The number of ether oxygens (including phenoxy) is 3. The molecule has 1 saturated heterocycles. The van der Waals surface area contributed by atoms with Crippen LogP contribution in [0, 0.1) is 0 Å². The molecule has 30 heavy (non-hydrogen) atoms. The summed E-state index contributed by atoms with van der Waals surface area (Å²) in [6.45, 7) is 4.55. The smallest absolute Gasteiger partial charge is 0.409 e. The fourth-order valence-electron chi connectivity index (χ4n) is 3.05. The molecular formula is C19H29N3O7S. The number of esters is 1. The number of carbonyl (C=O) groups excluding carboxylic acids is 2. The Bertz CT molecular complexity index is 823. The minimum Gasteiger partial charge on any atom is -0.497 e. The van der Waals surface area contributed by atoms with E-state index in [0.717, 1.165) is 0 Å². The highest BCUT2D eigenvalue weighted by molar-refractivity contribution is 7.87. The molecule has 1 aromatic rings. The predicted molar refractivity (Wildman–Crippen MR) is 109 cm³/mol. The standard InChI is InChI=1S/C19H29N3O7S/c1-4-28-18(23)14-17(15-7-6-8-16(13-15)27-3)20-30(25,26)22-11-9-21(10-12-22)19(24)29-5-2/h6-8,13,17,20H,4-5,9-12,14H2,1-3H3/t17-/m0/s1. The number of benzene rings is 1. The number of nitrogens with zero attached hydrogens (tertiary/aromatic N) is 2. The molecule has 0 aliphatic carbocycles. The number of carbonyl (C=O) groups is 2. The molecule has 10 nitrogen and oxygen atoms in total. The average molecular weight is 444 g/mol. The zero-order valence-electron chi connectivity index (χ0n) is 17.5. The Kier molecular flexibility index (Phi) is 8.88. The SMILES string of the molecule is CCOC(=O)C[C@H](NS(=O)(=O)N1CCN(C(=O)OCC)CC1)c1cccc(OC)c1. The predicted octanol–water partition coefficient (Wildman–Crippen LogP) is 1.30. The van der Waals surface area contributed by atoms with E-state index < -0.39 is 28.3 Å². The van der Waals surface area contributed by atoms with Gasteiger partial charge in [0, 0.05) is 26.2 Å². The minimum absolute atomic E-state index is 0.123. The van der Waals surface area contributed by atoms with Crippen molar-refractivity contribution in [3.8, 4) is 5.75 Å². The van der Waals surface area contributed by atoms with Gasteiger partial charge in [0.2, 0.25) is 0 Å². The van der Waals surface area contributed by atoms with Crippen molar-refractivity contribution in [1.29, 1.82) is 0 Å². The van der Waals surface area contributed by atoms with Gasteiger partial charge in [-0.3, -0.25) is 4.79 Å². The van der Waals surface area contributed by atoms with E-state index >= 15 is 0 Å². The van der Waals surface area contributed by atoms with E-state index in [-0.39, 0.29) is 45.8 Å². The number of amides is 1. The fraction of sp³-hybridized carbons (Fsp3) is 0.579. The Labute approximate surface area is 177 Å². The van der Waals surface area contributed by atoms with Crippen LogP contribution in [0.3, 0.4) is 0 Å². The molecule has 1 atom stereocenters. The normalized spacial score (nSPS) is 16.0. The lowest BCUT2D eigenvalue weighted by atomic mass is 10.0. The van der Waals surface area contributed by atoms with E-state index in [1.807, 2.05) is 0 Å². The number of hydrogen-bond donors (Lipinski definition) is 1. The summed E-state index contributed by atoms with van der Waals surface area (Å²) in [7, 11) is -2.41. The largest absolute Gasteiger partial charge is 0.497 e. The van der Waals surface area contributed by atoms with Gasteiger partial charge in [-0.25, -0.2) is 4.79 Å². The van der Waals surface area contributed by atoms with E-state index in [9.17, 15) is 18.0 Å². The quantitative estimate of drug-likeness (QED) is 0.572. The maximum atomic E-state index is 13.0. The Morgan fingerprint density at radius 2 is 1.77 bits per heavy atom. The van der Waals surface area contributed by atoms with Crippen molar-refractivity contribution in [2.24, 2.45) is 0 Å². The molecule has 0 radical (unpaired) electrons. The molecule has 2 rings (SSSR count). The van der Waals surface area contributed by atoms with Gasteiger partial charge in [-0.1, -0.05) is 12.1 Å². The van der Waals surface area contributed by atoms with Gasteiger partial charge in [0.1, 0.15) is 5.75 Å². The van der Waals surface area contributed by atoms with E-state index in [0.29, 0.717) is 11.3 Å². The lowest BCUT2D eigenvalue weighted by Gasteiger charge is -2.34. The van der Waals surface area contributed by atoms with Crippen LogP contribution < -0.4 is 9.46 Å². The van der Waals surface area contributed by atoms with Gasteiger partial charge in [-0.05, 0) is 31.5 Å². The molecule has 1 amide bonds. The first-order valence-corrected chi connectivity index (χ1v) is 11.2. The lowest BCUT2D eigenvalue weighted by molar-refractivity contribution is -0.143. The molecular weight excluding hydrogens is 414 g/mol. The molecule has 0 spiro atoms. The van der Waals surface area contributed by atoms with Crippen molar-refractivity contribution in [2.75, 3.05) is 46.5 Å². The van der Waals surface area contributed by atoms with Crippen LogP contribution in [0.4, 0.5) is 4.79 Å². The average Bonchev–Trinajstić information content (AvgIpc) is 2.73. The summed E-state index contributed by atoms with van der Waals surface area (Å²) in [5, 5.41) is 0. The molecule has 1 N–H and O–H groups in total. The van der Waals surface area contributed by atoms with Crippen molar-refractivity contribution >= 4 is 22.3 Å². The van der Waals surface area contributed by atoms with E-state index in [1.165, 1.54) is 16.3 Å². The lowest BCUT2D eigenvalue weighted by Crippen LogP contribution is -2.53. The number of nitrogens with one attached hydrogen (secondary N) is 1. The Balaban J connectivity index is 2.13. The summed E-state index contributed by atoms with van der Waals surface area (Å²) in [6, 6.07) is 6.01. The second-order valence-corrected chi connectivity index (χ2v) is 8.25. The van der Waals surface area contributed by atoms with Gasteiger partial charge in [-0.15, -0.1) is 0 Å². The monoisotopic (exact) mass is 443 g/mol. The second-order valence-electron chi connectivity index (χ2n) is 6.55. The number of methoxy groups -OCH3 is 1. The number of hydrogen-bond acceptors (Lipinski definition) is 7. The third kappa shape index (κ3) is 6.57. The third-order valence-corrected chi connectivity index (χ3v) is 6.20. The molecule has 1 aliphatic heterocycles. The van der Waals surface area contributed by atoms with Gasteiger partial charge in [-0.2, -0.15) is 17.4 Å². The molecule has 0 bridgehead atoms. The Morgan fingerprint density at radius 3 is 2.37 bits per heavy atom. The summed E-state index contributed by atoms with van der Waals surface area (Å²) in [5.41, 5.74) is 0.580. The summed E-state index contributed by atoms with van der Waals surface area (Å²) in [6.07, 6.45) is -0.623. The zero-order valence-corrected chi connectivity index (χ0v) is 18.3. The summed E-state index contributed by atoms with van der Waals surface area (Å²) >= 11 is 0. The molecule has 0 unspecified atom stereocenters. The van der Waals surface area contributed by atoms with Crippen molar-refractivity contribution < 1.29 is 32.2 Å². The molecule has 1 heterocycles. The van der Waals surface area contributed by atoms with Crippen LogP contribution in [0.1, 0.15) is 31.9 Å². The first-order valence-electron chi connectivity index (χ1n) is 9.79. The second kappa shape index (κ2) is 11.1. The maximum Gasteiger partial charge on any atom is 0.409 e. The van der Waals surface area contributed by atoms with Crippen LogP contribution in [0.2, 0.25) is 0 Å². The zero-order chi connectivity index (χ0) is 22.1. The van der Waals surface area contributed by atoms with Gasteiger partial charge in [0.15, 0.2) is 0 Å². The van der Waals surface area contributed by atoms with E-state index in [2.05, 4.69) is 4.72 Å². The topological polar surface area (TPSA) is 114 Å². The molecule has 1 aromatic carbocycles. The molecule has 1 fully saturated rings. The first-order chi connectivity index (χ1) is 14.3. The Hall–Kier alpha value is -2.37. The highest BCUT2D eigenvalue weighted by Crippen LogP contribution is 2.24. The summed E-state index contributed by atoms with van der Waals surface area (Å²) in [5.74, 6) is 0.0313. The molecule has 168 valence electrons. The van der Waals surface area contributed by atoms with E-state index in [1.54, 1.807) is 38.1 Å². The number of rotatable bonds is 9. The summed E-state index contributed by atoms with van der Waals surface area (Å²) in [4.78, 5) is 25.3. The highest BCUT2D eigenvalue weighted by Gasteiger charge is 2.32. The van der Waals surface area contributed by atoms with E-state index in [4.69, 9.17) is 14.2 Å². The van der Waals surface area contributed by atoms with Gasteiger partial charge >= 0.3 is 12.1 Å². The van der Waals surface area contributed by atoms with Crippen LogP contribution in [0.25, 0.3) is 0 Å². The van der Waals surface area contributed by atoms with Crippen LogP contribution in [-0.4, -0.2) is 76.2 Å². The Morgan fingerprint density at radius 1 is 1.10 bits per heavy atom. The molecule has 1 aliphatic rings. The molecule has 0 saturated carbocycles. The molecule has 11 heteroatoms. The summed E-state index contributed by atoms with van der Waals surface area (Å²) < 4.78 is 44.9. The highest BCUT2D eigenvalue weighted by atomic mass is 32.2. The molecule has 0 aromatic heterocycles. The van der Waals surface area contributed by atoms with Gasteiger partial charge in [0.05, 0.1) is 32.8 Å². The van der Waals surface area contributed by atoms with Crippen molar-refractivity contribution in [3.63, 3.8) is 0 Å². The van der Waals surface area contributed by atoms with Crippen LogP contribution in [-0.2, 0) is 24.5 Å². The third-order valence-electron chi connectivity index (χ3n) is 4.57. The van der Waals surface area contributed by atoms with Crippen molar-refractivity contribution in [2.45, 2.75) is 26.3 Å². The maximum absolute atomic E-state index is 13.0. The van der Waals surface area contributed by atoms with Crippen LogP contribution >= 0.6 is 0 Å². The van der Waals surface area contributed by atoms with Gasteiger partial charge in [0.25, 0.3) is 10.2 Å². The fourth-order valence-corrected chi connectivity index (χ4v) is 4.42. The first kappa shape index (κ1) is 23.9.